The minimum Gasteiger partial charge on any atom is -0.330 e. The van der Waals surface area contributed by atoms with Gasteiger partial charge in [0, 0.05) is 37.0 Å². The summed E-state index contributed by atoms with van der Waals surface area (Å²) in [5, 5.41) is 3.27. The van der Waals surface area contributed by atoms with Gasteiger partial charge in [-0.2, -0.15) is 4.98 Å². The fraction of sp³-hybridized carbons (Fsp3) is 0.208. The molecule has 0 amide bonds. The van der Waals surface area contributed by atoms with Crippen LogP contribution in [0, 0.1) is 17.5 Å². The van der Waals surface area contributed by atoms with Crippen molar-refractivity contribution in [3.8, 4) is 11.1 Å². The topological polar surface area (TPSA) is 105 Å². The Morgan fingerprint density at radius 3 is 2.47 bits per heavy atom. The van der Waals surface area contributed by atoms with E-state index in [1.54, 1.807) is 12.1 Å². The lowest BCUT2D eigenvalue weighted by atomic mass is 10.1. The minimum absolute atomic E-state index is 0.0417. The normalized spacial score (nSPS) is 11.3. The molecular weight excluding hydrogens is 447 g/mol. The van der Waals surface area contributed by atoms with Gasteiger partial charge in [0.05, 0.1) is 5.56 Å². The highest BCUT2D eigenvalue weighted by molar-refractivity contribution is 5.62. The van der Waals surface area contributed by atoms with Crippen LogP contribution in [0.3, 0.4) is 0 Å². The Kier molecular flexibility index (Phi) is 6.90. The molecule has 0 bridgehead atoms. The Bertz CT molecular complexity index is 1450. The lowest BCUT2D eigenvalue weighted by Crippen LogP contribution is -2.22. The van der Waals surface area contributed by atoms with Gasteiger partial charge in [-0.1, -0.05) is 24.3 Å². The third-order valence-electron chi connectivity index (χ3n) is 5.35. The van der Waals surface area contributed by atoms with Gasteiger partial charge in [-0.15, -0.1) is 0 Å². The zero-order valence-corrected chi connectivity index (χ0v) is 18.1. The van der Waals surface area contributed by atoms with Crippen molar-refractivity contribution in [2.75, 3.05) is 13.1 Å². The average Bonchev–Trinajstić information content (AvgIpc) is 2.80. The fourth-order valence-corrected chi connectivity index (χ4v) is 3.57. The number of hydrogen-bond acceptors (Lipinski definition) is 5. The molecular formula is C24H22F3N5O2. The second kappa shape index (κ2) is 10.0. The predicted octanol–water partition coefficient (Wildman–Crippen LogP) is 2.50. The van der Waals surface area contributed by atoms with Gasteiger partial charge < -0.3 is 16.0 Å². The number of nitrogens with two attached hydrogens (primary N) is 1. The van der Waals surface area contributed by atoms with E-state index in [9.17, 15) is 22.8 Å². The lowest BCUT2D eigenvalue weighted by molar-refractivity contribution is 0.491. The quantitative estimate of drug-likeness (QED) is 0.272. The molecule has 0 aliphatic carbocycles. The minimum atomic E-state index is -1.30. The molecule has 2 aromatic heterocycles. The van der Waals surface area contributed by atoms with Crippen LogP contribution >= 0.6 is 0 Å². The summed E-state index contributed by atoms with van der Waals surface area (Å²) in [5.41, 5.74) is 6.33. The van der Waals surface area contributed by atoms with E-state index >= 15 is 0 Å². The first-order valence-corrected chi connectivity index (χ1v) is 10.6. The Morgan fingerprint density at radius 1 is 1.00 bits per heavy atom. The molecule has 0 fully saturated rings. The molecule has 0 spiro atoms. The first kappa shape index (κ1) is 23.4. The standard InChI is InChI=1S/C24H22F3N5O2/c25-19-11-21(27)20(26)9-16(19)8-17-10-22(33)32-13-18(23(34)31-24(32)30-17)15-4-2-14(3-5-15)12-29-7-1-6-28/h2-5,9-11,13,29H,1,6-8,12,28H2,(H,30,31,34). The lowest BCUT2D eigenvalue weighted by Gasteiger charge is -2.09. The third-order valence-corrected chi connectivity index (χ3v) is 5.35. The van der Waals surface area contributed by atoms with Crippen LogP contribution in [-0.2, 0) is 13.0 Å². The van der Waals surface area contributed by atoms with Gasteiger partial charge in [0.25, 0.3) is 11.1 Å². The molecule has 2 aromatic carbocycles. The summed E-state index contributed by atoms with van der Waals surface area (Å²) in [6, 6.07) is 9.68. The molecule has 7 nitrogen and oxygen atoms in total. The van der Waals surface area contributed by atoms with Crippen molar-refractivity contribution < 1.29 is 13.2 Å². The van der Waals surface area contributed by atoms with E-state index in [0.29, 0.717) is 24.7 Å². The van der Waals surface area contributed by atoms with Crippen LogP contribution in [0.1, 0.15) is 23.2 Å². The van der Waals surface area contributed by atoms with Gasteiger partial charge in [0.15, 0.2) is 11.6 Å². The van der Waals surface area contributed by atoms with E-state index in [4.69, 9.17) is 5.73 Å². The second-order valence-corrected chi connectivity index (χ2v) is 7.84. The molecule has 4 aromatic rings. The predicted molar refractivity (Wildman–Crippen MR) is 122 cm³/mol. The van der Waals surface area contributed by atoms with E-state index in [0.717, 1.165) is 24.6 Å². The van der Waals surface area contributed by atoms with Crippen molar-refractivity contribution >= 4 is 5.78 Å². The number of fused-ring (bicyclic) bond motifs is 1. The number of aromatic amines is 1. The van der Waals surface area contributed by atoms with Crippen LogP contribution < -0.4 is 22.2 Å². The summed E-state index contributed by atoms with van der Waals surface area (Å²) < 4.78 is 41.8. The van der Waals surface area contributed by atoms with Crippen LogP contribution in [0.25, 0.3) is 16.9 Å². The number of benzene rings is 2. The maximum Gasteiger partial charge on any atom is 0.282 e. The molecule has 34 heavy (non-hydrogen) atoms. The summed E-state index contributed by atoms with van der Waals surface area (Å²) in [4.78, 5) is 32.1. The molecule has 0 atom stereocenters. The number of hydrogen-bond donors (Lipinski definition) is 3. The van der Waals surface area contributed by atoms with Gasteiger partial charge in [-0.25, -0.2) is 13.2 Å². The van der Waals surface area contributed by atoms with Gasteiger partial charge in [-0.05, 0) is 42.3 Å². The number of H-pyrrole nitrogens is 1. The highest BCUT2D eigenvalue weighted by Crippen LogP contribution is 2.18. The van der Waals surface area contributed by atoms with Crippen molar-refractivity contribution in [2.45, 2.75) is 19.4 Å². The number of nitrogens with one attached hydrogen (secondary N) is 2. The largest absolute Gasteiger partial charge is 0.330 e. The Balaban J connectivity index is 1.62. The maximum atomic E-state index is 14.0. The van der Waals surface area contributed by atoms with Gasteiger partial charge in [0.1, 0.15) is 5.82 Å². The Morgan fingerprint density at radius 2 is 1.74 bits per heavy atom. The number of rotatable bonds is 8. The molecule has 0 aliphatic heterocycles. The summed E-state index contributed by atoms with van der Waals surface area (Å²) in [6.07, 6.45) is 2.05. The van der Waals surface area contributed by atoms with Crippen LogP contribution in [0.2, 0.25) is 0 Å². The van der Waals surface area contributed by atoms with E-state index in [1.165, 1.54) is 16.7 Å². The Hall–Kier alpha value is -3.76. The van der Waals surface area contributed by atoms with E-state index in [2.05, 4.69) is 15.3 Å². The second-order valence-electron chi connectivity index (χ2n) is 7.84. The molecule has 2 heterocycles. The van der Waals surface area contributed by atoms with E-state index in [-0.39, 0.29) is 29.0 Å². The van der Waals surface area contributed by atoms with Crippen molar-refractivity contribution in [1.82, 2.24) is 19.7 Å². The zero-order valence-electron chi connectivity index (χ0n) is 18.1. The van der Waals surface area contributed by atoms with Crippen LogP contribution in [0.4, 0.5) is 13.2 Å². The number of aromatic nitrogens is 3. The van der Waals surface area contributed by atoms with Gasteiger partial charge in [0.2, 0.25) is 5.78 Å². The number of nitrogens with zero attached hydrogens (tertiary/aromatic N) is 2. The van der Waals surface area contributed by atoms with Crippen LogP contribution in [0.15, 0.2) is 58.3 Å². The molecule has 4 N–H and O–H groups in total. The van der Waals surface area contributed by atoms with E-state index < -0.39 is 28.6 Å². The van der Waals surface area contributed by atoms with Gasteiger partial charge >= 0.3 is 0 Å². The SMILES string of the molecule is NCCCNCc1ccc(-c2cn3c(=O)cc(Cc4cc(F)c(F)cc4F)[nH]c3nc2=O)cc1. The summed E-state index contributed by atoms with van der Waals surface area (Å²) in [6.45, 7) is 2.09. The molecule has 0 saturated carbocycles. The first-order chi connectivity index (χ1) is 16.4. The summed E-state index contributed by atoms with van der Waals surface area (Å²) >= 11 is 0. The summed E-state index contributed by atoms with van der Waals surface area (Å²) in [7, 11) is 0. The van der Waals surface area contributed by atoms with Crippen LogP contribution in [-0.4, -0.2) is 27.5 Å². The monoisotopic (exact) mass is 469 g/mol. The smallest absolute Gasteiger partial charge is 0.282 e. The fourth-order valence-electron chi connectivity index (χ4n) is 3.57. The van der Waals surface area contributed by atoms with Crippen LogP contribution in [0.5, 0.6) is 0 Å². The van der Waals surface area contributed by atoms with Crippen molar-refractivity contribution in [3.05, 3.63) is 104 Å². The zero-order chi connectivity index (χ0) is 24.2. The molecule has 0 saturated heterocycles. The first-order valence-electron chi connectivity index (χ1n) is 10.6. The third kappa shape index (κ3) is 5.08. The molecule has 0 aliphatic rings. The summed E-state index contributed by atoms with van der Waals surface area (Å²) in [5.74, 6) is -3.49. The molecule has 0 radical (unpaired) electrons. The van der Waals surface area contributed by atoms with Crippen molar-refractivity contribution in [1.29, 1.82) is 0 Å². The number of halogens is 3. The Labute approximate surface area is 192 Å². The van der Waals surface area contributed by atoms with Crippen molar-refractivity contribution in [3.63, 3.8) is 0 Å². The molecule has 4 rings (SSSR count). The average molecular weight is 469 g/mol. The highest BCUT2D eigenvalue weighted by atomic mass is 19.2. The molecule has 0 unspecified atom stereocenters. The van der Waals surface area contributed by atoms with E-state index in [1.807, 2.05) is 12.1 Å². The molecule has 10 heteroatoms. The maximum absolute atomic E-state index is 14.0. The molecule has 176 valence electrons. The van der Waals surface area contributed by atoms with Crippen molar-refractivity contribution in [2.24, 2.45) is 5.73 Å². The highest BCUT2D eigenvalue weighted by Gasteiger charge is 2.13. The van der Waals surface area contributed by atoms with Gasteiger partial charge in [-0.3, -0.25) is 14.0 Å².